The lowest BCUT2D eigenvalue weighted by Gasteiger charge is -2.26. The van der Waals surface area contributed by atoms with Gasteiger partial charge in [0.05, 0.1) is 18.7 Å². The van der Waals surface area contributed by atoms with Crippen LogP contribution in [0, 0.1) is 0 Å². The molecule has 3 rings (SSSR count). The second-order valence-corrected chi connectivity index (χ2v) is 6.80. The first-order valence-corrected chi connectivity index (χ1v) is 8.77. The normalized spacial score (nSPS) is 15.8. The maximum atomic E-state index is 11.4. The van der Waals surface area contributed by atoms with Gasteiger partial charge >= 0.3 is 5.97 Å². The molecule has 6 nitrogen and oxygen atoms in total. The molecule has 136 valence electrons. The second-order valence-electron chi connectivity index (χ2n) is 6.80. The summed E-state index contributed by atoms with van der Waals surface area (Å²) in [6.45, 7) is 9.16. The van der Waals surface area contributed by atoms with Crippen LogP contribution in [0.4, 0.5) is 0 Å². The number of aromatic carboxylic acids is 1. The van der Waals surface area contributed by atoms with E-state index in [1.807, 2.05) is 12.1 Å². The molecule has 0 radical (unpaired) electrons. The van der Waals surface area contributed by atoms with Gasteiger partial charge in [0.1, 0.15) is 18.1 Å². The molecule has 25 heavy (non-hydrogen) atoms. The van der Waals surface area contributed by atoms with Gasteiger partial charge in [0.15, 0.2) is 0 Å². The molecule has 0 aliphatic carbocycles. The van der Waals surface area contributed by atoms with E-state index in [2.05, 4.69) is 18.7 Å². The molecule has 1 N–H and O–H groups in total. The Labute approximate surface area is 147 Å². The number of carboxylic acids is 1. The van der Waals surface area contributed by atoms with Gasteiger partial charge in [0, 0.05) is 32.1 Å². The number of nitrogens with zero attached hydrogens (tertiary/aromatic N) is 2. The number of fused-ring (bicyclic) bond motifs is 1. The zero-order valence-corrected chi connectivity index (χ0v) is 15.1. The minimum absolute atomic E-state index is 0.278. The lowest BCUT2D eigenvalue weighted by Crippen LogP contribution is -2.38. The van der Waals surface area contributed by atoms with E-state index in [1.165, 1.54) is 0 Å². The van der Waals surface area contributed by atoms with Gasteiger partial charge in [-0.05, 0) is 29.7 Å². The van der Waals surface area contributed by atoms with E-state index >= 15 is 0 Å². The molecule has 1 aromatic heterocycles. The SMILES string of the molecule is CC(C)c1cc(OCCN2CCOCC2)cc2cc(C(=O)O)n(C)c12. The molecule has 0 bridgehead atoms. The maximum Gasteiger partial charge on any atom is 0.352 e. The van der Waals surface area contributed by atoms with Crippen molar-refractivity contribution in [2.45, 2.75) is 19.8 Å². The third kappa shape index (κ3) is 3.80. The number of carbonyl (C=O) groups is 1. The number of benzene rings is 1. The molecule has 0 unspecified atom stereocenters. The van der Waals surface area contributed by atoms with E-state index in [-0.39, 0.29) is 5.92 Å². The molecule has 1 fully saturated rings. The first kappa shape index (κ1) is 17.8. The summed E-state index contributed by atoms with van der Waals surface area (Å²) in [6.07, 6.45) is 0. The van der Waals surface area contributed by atoms with E-state index in [0.29, 0.717) is 12.3 Å². The van der Waals surface area contributed by atoms with Crippen LogP contribution in [-0.2, 0) is 11.8 Å². The van der Waals surface area contributed by atoms with Gasteiger partial charge in [-0.3, -0.25) is 4.90 Å². The third-order valence-electron chi connectivity index (χ3n) is 4.75. The summed E-state index contributed by atoms with van der Waals surface area (Å²) in [5.74, 6) is 0.163. The van der Waals surface area contributed by atoms with Gasteiger partial charge in [-0.1, -0.05) is 13.8 Å². The Morgan fingerprint density at radius 2 is 2.00 bits per heavy atom. The molecule has 2 heterocycles. The highest BCUT2D eigenvalue weighted by Crippen LogP contribution is 2.32. The van der Waals surface area contributed by atoms with Crippen molar-refractivity contribution in [2.75, 3.05) is 39.5 Å². The van der Waals surface area contributed by atoms with Gasteiger partial charge in [-0.15, -0.1) is 0 Å². The van der Waals surface area contributed by atoms with Gasteiger partial charge in [0.2, 0.25) is 0 Å². The zero-order chi connectivity index (χ0) is 18.0. The molecule has 1 aliphatic heterocycles. The molecule has 1 aliphatic rings. The quantitative estimate of drug-likeness (QED) is 0.871. The first-order chi connectivity index (χ1) is 12.0. The highest BCUT2D eigenvalue weighted by molar-refractivity contribution is 5.96. The van der Waals surface area contributed by atoms with Crippen LogP contribution in [0.15, 0.2) is 18.2 Å². The summed E-state index contributed by atoms with van der Waals surface area (Å²) < 4.78 is 13.1. The Morgan fingerprint density at radius 3 is 2.64 bits per heavy atom. The minimum Gasteiger partial charge on any atom is -0.492 e. The lowest BCUT2D eigenvalue weighted by molar-refractivity contribution is 0.0322. The molecule has 0 atom stereocenters. The average Bonchev–Trinajstić information content (AvgIpc) is 2.92. The number of carboxylic acid groups (broad SMARTS) is 1. The Hall–Kier alpha value is -2.05. The van der Waals surface area contributed by atoms with Crippen molar-refractivity contribution in [3.8, 4) is 5.75 Å². The van der Waals surface area contributed by atoms with Crippen molar-refractivity contribution in [1.29, 1.82) is 0 Å². The number of aryl methyl sites for hydroxylation is 1. The van der Waals surface area contributed by atoms with Crippen molar-refractivity contribution >= 4 is 16.9 Å². The van der Waals surface area contributed by atoms with Crippen LogP contribution < -0.4 is 4.74 Å². The van der Waals surface area contributed by atoms with Crippen LogP contribution in [0.5, 0.6) is 5.75 Å². The Morgan fingerprint density at radius 1 is 1.28 bits per heavy atom. The molecule has 6 heteroatoms. The fourth-order valence-corrected chi connectivity index (χ4v) is 3.36. The first-order valence-electron chi connectivity index (χ1n) is 8.77. The fourth-order valence-electron chi connectivity index (χ4n) is 3.36. The second kappa shape index (κ2) is 7.45. The zero-order valence-electron chi connectivity index (χ0n) is 15.1. The van der Waals surface area contributed by atoms with Gasteiger partial charge in [-0.25, -0.2) is 4.79 Å². The summed E-state index contributed by atoms with van der Waals surface area (Å²) in [7, 11) is 1.80. The molecular weight excluding hydrogens is 320 g/mol. The predicted octanol–water partition coefficient (Wildman–Crippen LogP) is 2.71. The number of ether oxygens (including phenoxy) is 2. The van der Waals surface area contributed by atoms with Crippen LogP contribution in [0.25, 0.3) is 10.9 Å². The van der Waals surface area contributed by atoms with E-state index in [9.17, 15) is 9.90 Å². The number of rotatable bonds is 6. The lowest BCUT2D eigenvalue weighted by atomic mass is 10.00. The molecule has 0 spiro atoms. The maximum absolute atomic E-state index is 11.4. The Balaban J connectivity index is 1.82. The van der Waals surface area contributed by atoms with E-state index in [1.54, 1.807) is 17.7 Å². The number of hydrogen-bond acceptors (Lipinski definition) is 4. The van der Waals surface area contributed by atoms with E-state index < -0.39 is 5.97 Å². The van der Waals surface area contributed by atoms with Gasteiger partial charge in [-0.2, -0.15) is 0 Å². The van der Waals surface area contributed by atoms with Crippen molar-refractivity contribution < 1.29 is 19.4 Å². The van der Waals surface area contributed by atoms with Crippen molar-refractivity contribution in [3.05, 3.63) is 29.5 Å². The highest BCUT2D eigenvalue weighted by Gasteiger charge is 2.18. The Kier molecular flexibility index (Phi) is 5.30. The molecule has 0 saturated carbocycles. The van der Waals surface area contributed by atoms with Crippen LogP contribution in [0.3, 0.4) is 0 Å². The summed E-state index contributed by atoms with van der Waals surface area (Å²) >= 11 is 0. The molecule has 1 aromatic carbocycles. The summed E-state index contributed by atoms with van der Waals surface area (Å²) in [5, 5.41) is 10.3. The molecule has 0 amide bonds. The average molecular weight is 346 g/mol. The van der Waals surface area contributed by atoms with Crippen LogP contribution in [0.1, 0.15) is 35.8 Å². The highest BCUT2D eigenvalue weighted by atomic mass is 16.5. The van der Waals surface area contributed by atoms with Gasteiger partial charge in [0.25, 0.3) is 0 Å². The summed E-state index contributed by atoms with van der Waals surface area (Å²) in [6, 6.07) is 5.70. The van der Waals surface area contributed by atoms with Crippen molar-refractivity contribution in [2.24, 2.45) is 7.05 Å². The van der Waals surface area contributed by atoms with Gasteiger partial charge < -0.3 is 19.1 Å². The number of aromatic nitrogens is 1. The van der Waals surface area contributed by atoms with Crippen LogP contribution in [0.2, 0.25) is 0 Å². The van der Waals surface area contributed by atoms with Crippen LogP contribution in [-0.4, -0.2) is 60.0 Å². The number of hydrogen-bond donors (Lipinski definition) is 1. The molecular formula is C19H26N2O4. The molecule has 1 saturated heterocycles. The van der Waals surface area contributed by atoms with E-state index in [0.717, 1.165) is 55.1 Å². The topological polar surface area (TPSA) is 63.9 Å². The Bertz CT molecular complexity index is 760. The smallest absolute Gasteiger partial charge is 0.352 e. The fraction of sp³-hybridized carbons (Fsp3) is 0.526. The van der Waals surface area contributed by atoms with Crippen molar-refractivity contribution in [1.82, 2.24) is 9.47 Å². The summed E-state index contributed by atoms with van der Waals surface area (Å²) in [4.78, 5) is 13.8. The third-order valence-corrected chi connectivity index (χ3v) is 4.75. The standard InChI is InChI=1S/C19H26N2O4/c1-13(2)16-12-15(25-9-6-21-4-7-24-8-5-21)10-14-11-17(19(22)23)20(3)18(14)16/h10-13H,4-9H2,1-3H3,(H,22,23). The summed E-state index contributed by atoms with van der Waals surface area (Å²) in [5.41, 5.74) is 2.36. The predicted molar refractivity (Wildman–Crippen MR) is 96.7 cm³/mol. The monoisotopic (exact) mass is 346 g/mol. The minimum atomic E-state index is -0.914. The largest absolute Gasteiger partial charge is 0.492 e. The van der Waals surface area contributed by atoms with E-state index in [4.69, 9.17) is 9.47 Å². The number of morpholine rings is 1. The van der Waals surface area contributed by atoms with Crippen molar-refractivity contribution in [3.63, 3.8) is 0 Å². The van der Waals surface area contributed by atoms with Crippen LogP contribution >= 0.6 is 0 Å². The molecule has 2 aromatic rings.